The van der Waals surface area contributed by atoms with Gasteiger partial charge in [-0.2, -0.15) is 5.10 Å². The van der Waals surface area contributed by atoms with Gasteiger partial charge in [0, 0.05) is 5.02 Å². The lowest BCUT2D eigenvalue weighted by Crippen LogP contribution is -2.22. The van der Waals surface area contributed by atoms with E-state index in [2.05, 4.69) is 17.5 Å². The number of amides is 1. The maximum absolute atomic E-state index is 12.1. The van der Waals surface area contributed by atoms with Gasteiger partial charge in [0.15, 0.2) is 0 Å². The second-order valence-corrected chi connectivity index (χ2v) is 5.80. The number of nitrogens with one attached hydrogen (secondary N) is 1. The lowest BCUT2D eigenvalue weighted by molar-refractivity contribution is -0.120. The average Bonchev–Trinajstić information content (AvgIpc) is 2.58. The van der Waals surface area contributed by atoms with Crippen LogP contribution in [0.5, 0.6) is 0 Å². The lowest BCUT2D eigenvalue weighted by atomic mass is 10.1. The van der Waals surface area contributed by atoms with E-state index >= 15 is 0 Å². The highest BCUT2D eigenvalue weighted by Crippen LogP contribution is 2.10. The number of unbranched alkanes of at least 4 members (excludes halogenated alkanes) is 1. The number of hydrogen-bond donors (Lipinski definition) is 1. The molecular formula is C19H21ClN2O. The van der Waals surface area contributed by atoms with Crippen LogP contribution in [0.25, 0.3) is 0 Å². The number of benzene rings is 2. The quantitative estimate of drug-likeness (QED) is 0.586. The molecule has 0 atom stereocenters. The highest BCUT2D eigenvalue weighted by Gasteiger charge is 2.06. The highest BCUT2D eigenvalue weighted by molar-refractivity contribution is 6.30. The van der Waals surface area contributed by atoms with Crippen LogP contribution in [-0.2, 0) is 11.2 Å². The van der Waals surface area contributed by atoms with E-state index < -0.39 is 0 Å². The second kappa shape index (κ2) is 9.11. The standard InChI is InChI=1S/C19H21ClN2O/c1-2-3-9-18(16-7-5-4-6-8-16)21-22-19(23)14-15-10-12-17(20)13-11-15/h4-8,10-13H,2-3,9,14H2,1H3,(H,22,23). The molecule has 0 unspecified atom stereocenters. The summed E-state index contributed by atoms with van der Waals surface area (Å²) in [6.45, 7) is 2.14. The molecule has 0 aliphatic rings. The molecule has 0 radical (unpaired) electrons. The Hall–Kier alpha value is -2.13. The number of hydrazone groups is 1. The number of carbonyl (C=O) groups is 1. The van der Waals surface area contributed by atoms with Crippen LogP contribution in [0.3, 0.4) is 0 Å². The van der Waals surface area contributed by atoms with Crippen LogP contribution in [0.2, 0.25) is 5.02 Å². The molecule has 0 bridgehead atoms. The average molecular weight is 329 g/mol. The van der Waals surface area contributed by atoms with E-state index in [4.69, 9.17) is 11.6 Å². The van der Waals surface area contributed by atoms with Gasteiger partial charge in [0.1, 0.15) is 0 Å². The van der Waals surface area contributed by atoms with E-state index in [9.17, 15) is 4.79 Å². The van der Waals surface area contributed by atoms with Gasteiger partial charge in [-0.15, -0.1) is 0 Å². The third kappa shape index (κ3) is 5.87. The minimum Gasteiger partial charge on any atom is -0.273 e. The van der Waals surface area contributed by atoms with Gasteiger partial charge in [-0.25, -0.2) is 5.43 Å². The maximum Gasteiger partial charge on any atom is 0.244 e. The largest absolute Gasteiger partial charge is 0.273 e. The third-order valence-corrected chi connectivity index (χ3v) is 3.72. The summed E-state index contributed by atoms with van der Waals surface area (Å²) in [5.74, 6) is -0.128. The fourth-order valence-corrected chi connectivity index (χ4v) is 2.32. The Balaban J connectivity index is 2.01. The van der Waals surface area contributed by atoms with Gasteiger partial charge in [-0.05, 0) is 36.1 Å². The monoisotopic (exact) mass is 328 g/mol. The van der Waals surface area contributed by atoms with E-state index in [-0.39, 0.29) is 12.3 Å². The molecule has 0 heterocycles. The van der Waals surface area contributed by atoms with E-state index in [0.717, 1.165) is 36.1 Å². The summed E-state index contributed by atoms with van der Waals surface area (Å²) in [6, 6.07) is 17.2. The summed E-state index contributed by atoms with van der Waals surface area (Å²) in [4.78, 5) is 12.1. The van der Waals surface area contributed by atoms with Crippen LogP contribution in [0.1, 0.15) is 37.3 Å². The summed E-state index contributed by atoms with van der Waals surface area (Å²) in [7, 11) is 0. The van der Waals surface area contributed by atoms with Crippen LogP contribution < -0.4 is 5.43 Å². The Morgan fingerprint density at radius 3 is 2.43 bits per heavy atom. The predicted octanol–water partition coefficient (Wildman–Crippen LogP) is 4.59. The Bertz CT molecular complexity index is 651. The number of rotatable bonds is 7. The molecule has 4 heteroatoms. The van der Waals surface area contributed by atoms with Crippen LogP contribution in [0, 0.1) is 0 Å². The smallest absolute Gasteiger partial charge is 0.244 e. The zero-order valence-corrected chi connectivity index (χ0v) is 14.0. The summed E-state index contributed by atoms with van der Waals surface area (Å²) < 4.78 is 0. The Morgan fingerprint density at radius 1 is 1.09 bits per heavy atom. The summed E-state index contributed by atoms with van der Waals surface area (Å²) in [6.07, 6.45) is 3.27. The van der Waals surface area contributed by atoms with E-state index in [1.807, 2.05) is 42.5 Å². The zero-order valence-electron chi connectivity index (χ0n) is 13.3. The molecule has 1 N–H and O–H groups in total. The minimum atomic E-state index is -0.128. The summed E-state index contributed by atoms with van der Waals surface area (Å²) in [5, 5.41) is 5.00. The van der Waals surface area contributed by atoms with Gasteiger partial charge in [-0.3, -0.25) is 4.79 Å². The van der Waals surface area contributed by atoms with Crippen molar-refractivity contribution in [1.29, 1.82) is 0 Å². The number of carbonyl (C=O) groups excluding carboxylic acids is 1. The molecule has 2 rings (SSSR count). The van der Waals surface area contributed by atoms with Gasteiger partial charge in [0.2, 0.25) is 5.91 Å². The lowest BCUT2D eigenvalue weighted by Gasteiger charge is -2.07. The highest BCUT2D eigenvalue weighted by atomic mass is 35.5. The van der Waals surface area contributed by atoms with Crippen molar-refractivity contribution in [3.05, 3.63) is 70.7 Å². The van der Waals surface area contributed by atoms with Gasteiger partial charge in [0.25, 0.3) is 0 Å². The Morgan fingerprint density at radius 2 is 1.78 bits per heavy atom. The zero-order chi connectivity index (χ0) is 16.5. The minimum absolute atomic E-state index is 0.128. The first-order valence-electron chi connectivity index (χ1n) is 7.84. The molecule has 0 fully saturated rings. The first kappa shape index (κ1) is 17.2. The molecule has 0 spiro atoms. The summed E-state index contributed by atoms with van der Waals surface area (Å²) in [5.41, 5.74) is 5.55. The molecule has 0 aliphatic carbocycles. The molecule has 0 saturated heterocycles. The first-order valence-corrected chi connectivity index (χ1v) is 8.22. The van der Waals surface area contributed by atoms with Gasteiger partial charge in [0.05, 0.1) is 12.1 Å². The van der Waals surface area contributed by atoms with Crippen molar-refractivity contribution in [2.45, 2.75) is 32.6 Å². The van der Waals surface area contributed by atoms with Crippen molar-refractivity contribution >= 4 is 23.2 Å². The Labute approximate surface area is 142 Å². The van der Waals surface area contributed by atoms with Crippen LogP contribution >= 0.6 is 11.6 Å². The van der Waals surface area contributed by atoms with Crippen molar-refractivity contribution in [1.82, 2.24) is 5.43 Å². The van der Waals surface area contributed by atoms with Crippen LogP contribution in [0.4, 0.5) is 0 Å². The van der Waals surface area contributed by atoms with Gasteiger partial charge < -0.3 is 0 Å². The number of halogens is 1. The normalized spacial score (nSPS) is 11.3. The maximum atomic E-state index is 12.1. The SMILES string of the molecule is CCCCC(=NNC(=O)Cc1ccc(Cl)cc1)c1ccccc1. The van der Waals surface area contributed by atoms with Crippen molar-refractivity contribution in [2.24, 2.45) is 5.10 Å². The molecular weight excluding hydrogens is 308 g/mol. The van der Waals surface area contributed by atoms with Crippen molar-refractivity contribution in [3.63, 3.8) is 0 Å². The number of nitrogens with zero attached hydrogens (tertiary/aromatic N) is 1. The van der Waals surface area contributed by atoms with E-state index in [1.165, 1.54) is 0 Å². The van der Waals surface area contributed by atoms with Crippen LogP contribution in [0.15, 0.2) is 59.7 Å². The van der Waals surface area contributed by atoms with Gasteiger partial charge >= 0.3 is 0 Å². The van der Waals surface area contributed by atoms with Gasteiger partial charge in [-0.1, -0.05) is 67.4 Å². The molecule has 2 aromatic carbocycles. The summed E-state index contributed by atoms with van der Waals surface area (Å²) >= 11 is 5.84. The fraction of sp³-hybridized carbons (Fsp3) is 0.263. The fourth-order valence-electron chi connectivity index (χ4n) is 2.20. The predicted molar refractivity (Wildman–Crippen MR) is 95.8 cm³/mol. The van der Waals surface area contributed by atoms with Crippen LogP contribution in [-0.4, -0.2) is 11.6 Å². The van der Waals surface area contributed by atoms with E-state index in [0.29, 0.717) is 5.02 Å². The molecule has 1 amide bonds. The molecule has 0 aromatic heterocycles. The second-order valence-electron chi connectivity index (χ2n) is 5.37. The van der Waals surface area contributed by atoms with Crippen molar-refractivity contribution < 1.29 is 4.79 Å². The molecule has 0 saturated carbocycles. The Kier molecular flexibility index (Phi) is 6.82. The molecule has 0 aliphatic heterocycles. The van der Waals surface area contributed by atoms with E-state index in [1.54, 1.807) is 12.1 Å². The van der Waals surface area contributed by atoms with Crippen molar-refractivity contribution in [2.75, 3.05) is 0 Å². The topological polar surface area (TPSA) is 41.5 Å². The molecule has 120 valence electrons. The van der Waals surface area contributed by atoms with Crippen molar-refractivity contribution in [3.8, 4) is 0 Å². The molecule has 23 heavy (non-hydrogen) atoms. The third-order valence-electron chi connectivity index (χ3n) is 3.47. The molecule has 3 nitrogen and oxygen atoms in total. The number of hydrogen-bond acceptors (Lipinski definition) is 2. The first-order chi connectivity index (χ1) is 11.2. The molecule has 2 aromatic rings.